The first-order valence-corrected chi connectivity index (χ1v) is 5.99. The number of nitrogens with two attached hydrogens (primary N) is 1. The van der Waals surface area contributed by atoms with E-state index in [2.05, 4.69) is 27.4 Å². The summed E-state index contributed by atoms with van der Waals surface area (Å²) in [4.78, 5) is 16.0. The predicted molar refractivity (Wildman–Crippen MR) is 63.0 cm³/mol. The van der Waals surface area contributed by atoms with E-state index < -0.39 is 0 Å². The fourth-order valence-corrected chi connectivity index (χ4v) is 2.55. The number of H-pyrrole nitrogens is 1. The highest BCUT2D eigenvalue weighted by Gasteiger charge is 2.46. The first kappa shape index (κ1) is 12.0. The first-order chi connectivity index (χ1) is 8.16. The summed E-state index contributed by atoms with van der Waals surface area (Å²) in [7, 11) is 0. The van der Waals surface area contributed by atoms with Crippen molar-refractivity contribution in [2.24, 2.45) is 17.1 Å². The third kappa shape index (κ3) is 2.46. The Morgan fingerprint density at radius 1 is 1.71 bits per heavy atom. The summed E-state index contributed by atoms with van der Waals surface area (Å²) in [6, 6.07) is 0. The summed E-state index contributed by atoms with van der Waals surface area (Å²) in [5, 5.41) is 9.44. The molecule has 0 aliphatic heterocycles. The van der Waals surface area contributed by atoms with Gasteiger partial charge in [-0.05, 0) is 18.8 Å². The van der Waals surface area contributed by atoms with E-state index in [1.54, 1.807) is 0 Å². The van der Waals surface area contributed by atoms with Crippen LogP contribution in [-0.4, -0.2) is 34.2 Å². The molecule has 1 saturated carbocycles. The zero-order valence-corrected chi connectivity index (χ0v) is 10.1. The number of carbonyl (C=O) groups is 1. The molecule has 1 heterocycles. The van der Waals surface area contributed by atoms with Crippen LogP contribution in [0.2, 0.25) is 0 Å². The van der Waals surface area contributed by atoms with E-state index in [0.717, 1.165) is 18.7 Å². The molecular weight excluding hydrogens is 218 g/mol. The zero-order chi connectivity index (χ0) is 12.3. The van der Waals surface area contributed by atoms with Gasteiger partial charge in [0.1, 0.15) is 12.2 Å². The average molecular weight is 237 g/mol. The fraction of sp³-hybridized carbons (Fsp3) is 0.727. The number of nitrogens with zero attached hydrogens (tertiary/aromatic N) is 2. The average Bonchev–Trinajstić information content (AvgIpc) is 2.77. The Hall–Kier alpha value is -1.43. The van der Waals surface area contributed by atoms with Gasteiger partial charge in [-0.1, -0.05) is 6.92 Å². The highest BCUT2D eigenvalue weighted by molar-refractivity contribution is 5.83. The van der Waals surface area contributed by atoms with Crippen LogP contribution in [0.15, 0.2) is 6.33 Å². The monoisotopic (exact) mass is 237 g/mol. The van der Waals surface area contributed by atoms with Crippen LogP contribution in [0.1, 0.15) is 25.6 Å². The number of nitrogens with one attached hydrogen (secondary N) is 2. The molecule has 0 saturated heterocycles. The first-order valence-electron chi connectivity index (χ1n) is 5.99. The van der Waals surface area contributed by atoms with Gasteiger partial charge in [-0.3, -0.25) is 9.89 Å². The molecule has 1 amide bonds. The lowest BCUT2D eigenvalue weighted by Gasteiger charge is -2.44. The fourth-order valence-electron chi connectivity index (χ4n) is 2.55. The molecule has 17 heavy (non-hydrogen) atoms. The van der Waals surface area contributed by atoms with Crippen LogP contribution in [0.25, 0.3) is 0 Å². The molecule has 1 fully saturated rings. The Morgan fingerprint density at radius 2 is 2.47 bits per heavy atom. The van der Waals surface area contributed by atoms with Gasteiger partial charge in [-0.25, -0.2) is 4.98 Å². The number of hydrogen-bond donors (Lipinski definition) is 3. The van der Waals surface area contributed by atoms with Gasteiger partial charge >= 0.3 is 0 Å². The van der Waals surface area contributed by atoms with Crippen molar-refractivity contribution in [1.82, 2.24) is 20.5 Å². The van der Waals surface area contributed by atoms with Crippen molar-refractivity contribution < 1.29 is 4.79 Å². The van der Waals surface area contributed by atoms with Crippen LogP contribution in [0, 0.1) is 11.3 Å². The second-order valence-electron chi connectivity index (χ2n) is 4.94. The van der Waals surface area contributed by atoms with Gasteiger partial charge < -0.3 is 11.1 Å². The lowest BCUT2D eigenvalue weighted by Crippen LogP contribution is -2.53. The Kier molecular flexibility index (Phi) is 3.42. The maximum absolute atomic E-state index is 12.0. The maximum Gasteiger partial charge on any atom is 0.227 e. The second kappa shape index (κ2) is 4.83. The number of hydrogen-bond acceptors (Lipinski definition) is 4. The smallest absolute Gasteiger partial charge is 0.227 e. The summed E-state index contributed by atoms with van der Waals surface area (Å²) in [5.74, 6) is 1.48. The minimum Gasteiger partial charge on any atom is -0.355 e. The van der Waals surface area contributed by atoms with E-state index in [0.29, 0.717) is 25.4 Å². The van der Waals surface area contributed by atoms with Gasteiger partial charge in [-0.15, -0.1) is 0 Å². The molecule has 0 spiro atoms. The predicted octanol–water partition coefficient (Wildman–Crippen LogP) is -0.162. The zero-order valence-electron chi connectivity index (χ0n) is 10.1. The summed E-state index contributed by atoms with van der Waals surface area (Å²) in [6.45, 7) is 3.16. The lowest BCUT2D eigenvalue weighted by atomic mass is 9.62. The Labute approximate surface area is 100 Å². The van der Waals surface area contributed by atoms with Crippen molar-refractivity contribution in [3.05, 3.63) is 12.2 Å². The summed E-state index contributed by atoms with van der Waals surface area (Å²) >= 11 is 0. The van der Waals surface area contributed by atoms with Gasteiger partial charge in [0.15, 0.2) is 0 Å². The van der Waals surface area contributed by atoms with Gasteiger partial charge in [0.05, 0.1) is 5.41 Å². The van der Waals surface area contributed by atoms with Crippen LogP contribution in [-0.2, 0) is 11.2 Å². The number of aromatic amines is 1. The topological polar surface area (TPSA) is 96.7 Å². The molecule has 0 atom stereocenters. The highest BCUT2D eigenvalue weighted by Crippen LogP contribution is 2.44. The Balaban J connectivity index is 1.77. The van der Waals surface area contributed by atoms with Gasteiger partial charge in [0.25, 0.3) is 0 Å². The minimum atomic E-state index is -0.319. The van der Waals surface area contributed by atoms with Gasteiger partial charge in [0.2, 0.25) is 5.91 Å². The lowest BCUT2D eigenvalue weighted by molar-refractivity contribution is -0.138. The third-order valence-corrected chi connectivity index (χ3v) is 3.46. The molecular formula is C11H19N5O. The number of amides is 1. The third-order valence-electron chi connectivity index (χ3n) is 3.46. The molecule has 0 aromatic carbocycles. The largest absolute Gasteiger partial charge is 0.355 e. The van der Waals surface area contributed by atoms with E-state index in [-0.39, 0.29) is 11.3 Å². The van der Waals surface area contributed by atoms with E-state index in [1.165, 1.54) is 6.33 Å². The quantitative estimate of drug-likeness (QED) is 0.663. The van der Waals surface area contributed by atoms with Crippen LogP contribution >= 0.6 is 0 Å². The molecule has 6 heteroatoms. The SMILES string of the molecule is CC1CC(CN)(C(=O)NCCc2ncn[nH]2)C1. The molecule has 6 nitrogen and oxygen atoms in total. The van der Waals surface area contributed by atoms with Crippen LogP contribution < -0.4 is 11.1 Å². The van der Waals surface area contributed by atoms with Crippen molar-refractivity contribution >= 4 is 5.91 Å². The van der Waals surface area contributed by atoms with E-state index in [9.17, 15) is 4.79 Å². The Bertz CT molecular complexity index is 369. The van der Waals surface area contributed by atoms with Crippen LogP contribution in [0.4, 0.5) is 0 Å². The van der Waals surface area contributed by atoms with Crippen molar-refractivity contribution in [3.63, 3.8) is 0 Å². The number of rotatable bonds is 5. The van der Waals surface area contributed by atoms with Crippen LogP contribution in [0.3, 0.4) is 0 Å². The number of aromatic nitrogens is 3. The molecule has 1 aliphatic rings. The minimum absolute atomic E-state index is 0.0811. The molecule has 1 aromatic rings. The van der Waals surface area contributed by atoms with Crippen molar-refractivity contribution in [3.8, 4) is 0 Å². The van der Waals surface area contributed by atoms with E-state index >= 15 is 0 Å². The van der Waals surface area contributed by atoms with E-state index in [1.807, 2.05) is 0 Å². The molecule has 1 aliphatic carbocycles. The summed E-state index contributed by atoms with van der Waals surface area (Å²) in [5.41, 5.74) is 5.39. The maximum atomic E-state index is 12.0. The Morgan fingerprint density at radius 3 is 3.00 bits per heavy atom. The normalized spacial score (nSPS) is 27.5. The van der Waals surface area contributed by atoms with E-state index in [4.69, 9.17) is 5.73 Å². The van der Waals surface area contributed by atoms with Crippen molar-refractivity contribution in [1.29, 1.82) is 0 Å². The van der Waals surface area contributed by atoms with Crippen molar-refractivity contribution in [2.45, 2.75) is 26.2 Å². The molecule has 1 aromatic heterocycles. The molecule has 0 unspecified atom stereocenters. The van der Waals surface area contributed by atoms with Crippen molar-refractivity contribution in [2.75, 3.05) is 13.1 Å². The van der Waals surface area contributed by atoms with Gasteiger partial charge in [-0.2, -0.15) is 5.10 Å². The summed E-state index contributed by atoms with van der Waals surface area (Å²) < 4.78 is 0. The number of carbonyl (C=O) groups excluding carboxylic acids is 1. The van der Waals surface area contributed by atoms with Crippen LogP contribution in [0.5, 0.6) is 0 Å². The molecule has 0 radical (unpaired) electrons. The second-order valence-corrected chi connectivity index (χ2v) is 4.94. The molecule has 4 N–H and O–H groups in total. The molecule has 94 valence electrons. The molecule has 2 rings (SSSR count). The standard InChI is InChI=1S/C11H19N5O/c1-8-4-11(5-8,6-12)10(17)13-3-2-9-14-7-15-16-9/h7-8H,2-6,12H2,1H3,(H,13,17)(H,14,15,16). The molecule has 0 bridgehead atoms. The van der Waals surface area contributed by atoms with Gasteiger partial charge in [0, 0.05) is 19.5 Å². The highest BCUT2D eigenvalue weighted by atomic mass is 16.2. The summed E-state index contributed by atoms with van der Waals surface area (Å²) in [6.07, 6.45) is 3.93.